The largest absolute Gasteiger partial charge is 0.322 e. The summed E-state index contributed by atoms with van der Waals surface area (Å²) in [5.41, 5.74) is 2.59. The number of anilines is 1. The van der Waals surface area contributed by atoms with Gasteiger partial charge in [-0.05, 0) is 30.2 Å². The Bertz CT molecular complexity index is 1220. The molecule has 0 spiro atoms. The Morgan fingerprint density at radius 3 is 2.70 bits per heavy atom. The predicted octanol–water partition coefficient (Wildman–Crippen LogP) is 4.64. The lowest BCUT2D eigenvalue weighted by atomic mass is 10.2. The third kappa shape index (κ3) is 3.25. The van der Waals surface area contributed by atoms with E-state index in [4.69, 9.17) is 11.6 Å². The van der Waals surface area contributed by atoms with Crippen molar-refractivity contribution in [1.82, 2.24) is 9.38 Å². The predicted molar refractivity (Wildman–Crippen MR) is 109 cm³/mol. The minimum atomic E-state index is -0.521. The molecule has 1 amide bonds. The second kappa shape index (κ2) is 6.98. The molecule has 0 saturated heterocycles. The number of aryl methyl sites for hydroxylation is 1. The van der Waals surface area contributed by atoms with Gasteiger partial charge in [-0.25, -0.2) is 4.98 Å². The molecule has 134 valence electrons. The fourth-order valence-electron chi connectivity index (χ4n) is 2.73. The van der Waals surface area contributed by atoms with Gasteiger partial charge in [-0.2, -0.15) is 0 Å². The molecule has 27 heavy (non-hydrogen) atoms. The molecule has 0 aliphatic carbocycles. The topological polar surface area (TPSA) is 63.5 Å². The van der Waals surface area contributed by atoms with E-state index in [1.165, 1.54) is 21.9 Å². The van der Waals surface area contributed by atoms with E-state index >= 15 is 0 Å². The van der Waals surface area contributed by atoms with Crippen LogP contribution in [0.25, 0.3) is 16.2 Å². The Hall–Kier alpha value is -2.96. The third-order valence-electron chi connectivity index (χ3n) is 4.19. The van der Waals surface area contributed by atoms with Gasteiger partial charge in [-0.3, -0.25) is 14.0 Å². The van der Waals surface area contributed by atoms with Crippen LogP contribution >= 0.6 is 22.9 Å². The van der Waals surface area contributed by atoms with E-state index in [-0.39, 0.29) is 5.56 Å². The van der Waals surface area contributed by atoms with Crippen molar-refractivity contribution < 1.29 is 4.79 Å². The highest BCUT2D eigenvalue weighted by atomic mass is 35.5. The summed E-state index contributed by atoms with van der Waals surface area (Å²) in [6.45, 7) is 1.87. The second-order valence-electron chi connectivity index (χ2n) is 6.00. The normalized spacial score (nSPS) is 10.9. The maximum absolute atomic E-state index is 13.0. The zero-order valence-electron chi connectivity index (χ0n) is 14.3. The first kappa shape index (κ1) is 17.5. The van der Waals surface area contributed by atoms with Crippen LogP contribution in [0.5, 0.6) is 0 Å². The number of nitrogens with zero attached hydrogens (tertiary/aromatic N) is 2. The number of fused-ring (bicyclic) bond motifs is 1. The van der Waals surface area contributed by atoms with Crippen molar-refractivity contribution in [3.63, 3.8) is 0 Å². The Labute approximate surface area is 163 Å². The van der Waals surface area contributed by atoms with Crippen molar-refractivity contribution in [1.29, 1.82) is 0 Å². The van der Waals surface area contributed by atoms with E-state index in [0.717, 1.165) is 11.1 Å². The zero-order chi connectivity index (χ0) is 19.0. The molecule has 0 aliphatic heterocycles. The molecular formula is C20H14ClN3O2S. The van der Waals surface area contributed by atoms with Gasteiger partial charge in [0.25, 0.3) is 11.5 Å². The molecule has 7 heteroatoms. The minimum Gasteiger partial charge on any atom is -0.322 e. The van der Waals surface area contributed by atoms with Gasteiger partial charge in [0.05, 0.1) is 5.69 Å². The molecule has 0 unspecified atom stereocenters. The molecule has 0 bridgehead atoms. The summed E-state index contributed by atoms with van der Waals surface area (Å²) in [6, 6.07) is 14.7. The van der Waals surface area contributed by atoms with Crippen molar-refractivity contribution in [2.75, 3.05) is 5.32 Å². The van der Waals surface area contributed by atoms with Crippen LogP contribution in [0, 0.1) is 6.92 Å². The van der Waals surface area contributed by atoms with E-state index in [2.05, 4.69) is 10.3 Å². The smallest absolute Gasteiger partial charge is 0.271 e. The van der Waals surface area contributed by atoms with Gasteiger partial charge in [0.1, 0.15) is 5.56 Å². The monoisotopic (exact) mass is 395 g/mol. The summed E-state index contributed by atoms with van der Waals surface area (Å²) in [4.78, 5) is 30.4. The highest BCUT2D eigenvalue weighted by Crippen LogP contribution is 2.24. The van der Waals surface area contributed by atoms with E-state index in [1.807, 2.05) is 42.6 Å². The van der Waals surface area contributed by atoms with Gasteiger partial charge in [0.15, 0.2) is 4.96 Å². The second-order valence-corrected chi connectivity index (χ2v) is 7.24. The van der Waals surface area contributed by atoms with Crippen molar-refractivity contribution in [3.05, 3.63) is 86.6 Å². The van der Waals surface area contributed by atoms with Crippen molar-refractivity contribution in [2.45, 2.75) is 6.92 Å². The summed E-state index contributed by atoms with van der Waals surface area (Å²) >= 11 is 7.45. The van der Waals surface area contributed by atoms with E-state index in [1.54, 1.807) is 18.2 Å². The van der Waals surface area contributed by atoms with Gasteiger partial charge in [0, 0.05) is 22.3 Å². The molecule has 0 aliphatic rings. The number of amides is 1. The van der Waals surface area contributed by atoms with Crippen LogP contribution < -0.4 is 10.9 Å². The fourth-order valence-corrected chi connectivity index (χ4v) is 3.77. The molecule has 0 saturated carbocycles. The number of aromatic nitrogens is 2. The molecule has 0 fully saturated rings. The van der Waals surface area contributed by atoms with Crippen molar-refractivity contribution in [2.24, 2.45) is 0 Å². The van der Waals surface area contributed by atoms with Crippen LogP contribution in [0.3, 0.4) is 0 Å². The van der Waals surface area contributed by atoms with Crippen LogP contribution in [0.2, 0.25) is 5.02 Å². The first-order valence-corrected chi connectivity index (χ1v) is 9.42. The molecule has 4 rings (SSSR count). The van der Waals surface area contributed by atoms with Gasteiger partial charge in [-0.15, -0.1) is 11.3 Å². The van der Waals surface area contributed by atoms with E-state index < -0.39 is 11.5 Å². The average molecular weight is 396 g/mol. The van der Waals surface area contributed by atoms with Gasteiger partial charge >= 0.3 is 0 Å². The average Bonchev–Trinajstić information content (AvgIpc) is 3.11. The summed E-state index contributed by atoms with van der Waals surface area (Å²) in [5, 5.41) is 5.12. The first-order valence-electron chi connectivity index (χ1n) is 8.17. The number of benzene rings is 2. The van der Waals surface area contributed by atoms with Crippen LogP contribution in [0.1, 0.15) is 15.9 Å². The van der Waals surface area contributed by atoms with Gasteiger partial charge in [0.2, 0.25) is 0 Å². The van der Waals surface area contributed by atoms with Crippen LogP contribution in [0.15, 0.2) is 64.9 Å². The maximum atomic E-state index is 13.0. The summed E-state index contributed by atoms with van der Waals surface area (Å²) in [7, 11) is 0. The summed E-state index contributed by atoms with van der Waals surface area (Å²) in [5.74, 6) is -0.521. The molecule has 4 aromatic rings. The third-order valence-corrected chi connectivity index (χ3v) is 5.44. The molecule has 2 aromatic carbocycles. The van der Waals surface area contributed by atoms with E-state index in [9.17, 15) is 9.59 Å². The lowest BCUT2D eigenvalue weighted by molar-refractivity contribution is 0.102. The number of hydrogen-bond donors (Lipinski definition) is 1. The number of halogens is 1. The molecular weight excluding hydrogens is 382 g/mol. The lowest BCUT2D eigenvalue weighted by Crippen LogP contribution is -2.26. The highest BCUT2D eigenvalue weighted by molar-refractivity contribution is 7.15. The number of thiazole rings is 1. The summed E-state index contributed by atoms with van der Waals surface area (Å²) < 4.78 is 1.47. The van der Waals surface area contributed by atoms with Crippen LogP contribution in [-0.4, -0.2) is 15.3 Å². The number of carbonyl (C=O) groups is 1. The van der Waals surface area contributed by atoms with Crippen LogP contribution in [0.4, 0.5) is 5.69 Å². The molecule has 1 N–H and O–H groups in total. The fraction of sp³-hybridized carbons (Fsp3) is 0.0500. The number of rotatable bonds is 3. The van der Waals surface area contributed by atoms with Gasteiger partial charge in [-0.1, -0.05) is 48.0 Å². The Kier molecular flexibility index (Phi) is 4.51. The maximum Gasteiger partial charge on any atom is 0.271 e. The zero-order valence-corrected chi connectivity index (χ0v) is 15.8. The van der Waals surface area contributed by atoms with Gasteiger partial charge < -0.3 is 5.32 Å². The molecule has 2 heterocycles. The highest BCUT2D eigenvalue weighted by Gasteiger charge is 2.17. The Balaban J connectivity index is 1.76. The number of nitrogens with one attached hydrogen (secondary N) is 1. The first-order chi connectivity index (χ1) is 13.0. The summed E-state index contributed by atoms with van der Waals surface area (Å²) in [6.07, 6.45) is 1.31. The van der Waals surface area contributed by atoms with Crippen molar-refractivity contribution >= 4 is 39.5 Å². The Morgan fingerprint density at radius 1 is 1.19 bits per heavy atom. The SMILES string of the molecule is Cc1ccc(NC(=O)c2cnc3scc(-c4ccccc4)n3c2=O)cc1Cl. The van der Waals surface area contributed by atoms with Crippen LogP contribution in [-0.2, 0) is 0 Å². The quantitative estimate of drug-likeness (QED) is 0.549. The Morgan fingerprint density at radius 2 is 1.96 bits per heavy atom. The molecule has 0 atom stereocenters. The number of hydrogen-bond acceptors (Lipinski definition) is 4. The molecule has 0 radical (unpaired) electrons. The molecule has 2 aromatic heterocycles. The number of carbonyl (C=O) groups excluding carboxylic acids is 1. The standard InChI is InChI=1S/C20H14ClN3O2S/c1-12-7-8-14(9-16(12)21)23-18(25)15-10-22-20-24(19(15)26)17(11-27-20)13-5-3-2-4-6-13/h2-11H,1H3,(H,23,25). The van der Waals surface area contributed by atoms with Crippen molar-refractivity contribution in [3.8, 4) is 11.3 Å². The van der Waals surface area contributed by atoms with E-state index in [0.29, 0.717) is 21.4 Å². The minimum absolute atomic E-state index is 0.0280. The molecule has 5 nitrogen and oxygen atoms in total. The lowest BCUT2D eigenvalue weighted by Gasteiger charge is -2.07.